The summed E-state index contributed by atoms with van der Waals surface area (Å²) in [6.45, 7) is 0. The van der Waals surface area contributed by atoms with Gasteiger partial charge in [0.05, 0.1) is 22.7 Å². The third kappa shape index (κ3) is 2.01. The molecule has 1 N–H and O–H groups in total. The molecule has 23 heavy (non-hydrogen) atoms. The number of benzene rings is 1. The minimum Gasteiger partial charge on any atom is -0.344 e. The number of hydrogen-bond donors (Lipinski definition) is 1. The molecule has 113 valence electrons. The molecule has 1 aromatic carbocycles. The second kappa shape index (κ2) is 4.85. The lowest BCUT2D eigenvalue weighted by atomic mass is 10.1. The van der Waals surface area contributed by atoms with Gasteiger partial charge in [-0.15, -0.1) is 0 Å². The van der Waals surface area contributed by atoms with Gasteiger partial charge < -0.3 is 4.98 Å². The number of aromatic amines is 1. The molecular formula is C15H8ClFN5O. The standard InChI is InChI=1S/C15H8ClFN5O/c1-22-11-3-8(16)2-9(17)12(11)14(21-22)10-5-19-15-13(20-10)7(6-23)4-18-15/h2-5H,1H3,(H,18,19). The number of nitrogens with zero attached hydrogens (tertiary/aromatic N) is 4. The van der Waals surface area contributed by atoms with Crippen LogP contribution in [0.15, 0.2) is 24.5 Å². The molecule has 4 aromatic rings. The molecule has 0 amide bonds. The van der Waals surface area contributed by atoms with Gasteiger partial charge in [-0.25, -0.2) is 14.4 Å². The smallest absolute Gasteiger partial charge is 0.237 e. The number of hydrogen-bond acceptors (Lipinski definition) is 4. The van der Waals surface area contributed by atoms with E-state index in [1.54, 1.807) is 19.4 Å². The average Bonchev–Trinajstić information content (AvgIpc) is 3.08. The summed E-state index contributed by atoms with van der Waals surface area (Å²) in [4.78, 5) is 22.3. The van der Waals surface area contributed by atoms with Crippen LogP contribution in [-0.4, -0.2) is 31.0 Å². The normalized spacial score (nSPS) is 11.4. The Balaban J connectivity index is 2.04. The van der Waals surface area contributed by atoms with Gasteiger partial charge in [0.1, 0.15) is 22.7 Å². The second-order valence-electron chi connectivity index (χ2n) is 5.01. The molecule has 0 unspecified atom stereocenters. The summed E-state index contributed by atoms with van der Waals surface area (Å²) < 4.78 is 15.9. The van der Waals surface area contributed by atoms with E-state index in [0.29, 0.717) is 33.5 Å². The summed E-state index contributed by atoms with van der Waals surface area (Å²) in [7, 11) is 1.69. The van der Waals surface area contributed by atoms with Crippen LogP contribution in [0, 0.1) is 5.82 Å². The Morgan fingerprint density at radius 1 is 1.39 bits per heavy atom. The van der Waals surface area contributed by atoms with E-state index in [2.05, 4.69) is 20.1 Å². The Kier molecular flexibility index (Phi) is 2.92. The van der Waals surface area contributed by atoms with Crippen LogP contribution in [0.2, 0.25) is 5.02 Å². The summed E-state index contributed by atoms with van der Waals surface area (Å²) in [5.74, 6) is -0.492. The molecule has 1 radical (unpaired) electrons. The lowest BCUT2D eigenvalue weighted by Gasteiger charge is -1.99. The maximum Gasteiger partial charge on any atom is 0.237 e. The first-order chi connectivity index (χ1) is 11.1. The minimum absolute atomic E-state index is 0.262. The molecule has 0 aliphatic carbocycles. The molecule has 6 nitrogen and oxygen atoms in total. The molecule has 4 rings (SSSR count). The van der Waals surface area contributed by atoms with E-state index in [-0.39, 0.29) is 10.6 Å². The van der Waals surface area contributed by atoms with Gasteiger partial charge in [0.15, 0.2) is 5.65 Å². The van der Waals surface area contributed by atoms with Crippen LogP contribution in [-0.2, 0) is 11.8 Å². The first kappa shape index (κ1) is 13.8. The fourth-order valence-electron chi connectivity index (χ4n) is 2.57. The molecule has 0 spiro atoms. The fraction of sp³-hybridized carbons (Fsp3) is 0.0667. The molecule has 3 aromatic heterocycles. The highest BCUT2D eigenvalue weighted by atomic mass is 35.5. The second-order valence-corrected chi connectivity index (χ2v) is 5.45. The Labute approximate surface area is 133 Å². The number of nitrogens with one attached hydrogen (secondary N) is 1. The van der Waals surface area contributed by atoms with E-state index in [4.69, 9.17) is 11.6 Å². The van der Waals surface area contributed by atoms with Gasteiger partial charge in [-0.3, -0.25) is 9.48 Å². The van der Waals surface area contributed by atoms with Crippen molar-refractivity contribution in [3.05, 3.63) is 40.9 Å². The third-order valence-corrected chi connectivity index (χ3v) is 3.82. The molecule has 0 saturated carbocycles. The Morgan fingerprint density at radius 3 is 3.00 bits per heavy atom. The van der Waals surface area contributed by atoms with Crippen molar-refractivity contribution in [3.63, 3.8) is 0 Å². The Hall–Kier alpha value is -2.80. The van der Waals surface area contributed by atoms with Crippen molar-refractivity contribution in [3.8, 4) is 11.4 Å². The maximum atomic E-state index is 14.4. The van der Waals surface area contributed by atoms with Gasteiger partial charge in [0, 0.05) is 18.3 Å². The number of aromatic nitrogens is 5. The molecule has 0 aliphatic rings. The van der Waals surface area contributed by atoms with Crippen molar-refractivity contribution >= 4 is 40.0 Å². The van der Waals surface area contributed by atoms with Crippen molar-refractivity contribution in [1.29, 1.82) is 0 Å². The molecule has 8 heteroatoms. The van der Waals surface area contributed by atoms with Crippen molar-refractivity contribution < 1.29 is 9.18 Å². The van der Waals surface area contributed by atoms with Crippen LogP contribution in [0.3, 0.4) is 0 Å². The Morgan fingerprint density at radius 2 is 2.22 bits per heavy atom. The van der Waals surface area contributed by atoms with Crippen LogP contribution in [0.1, 0.15) is 5.56 Å². The molecule has 0 saturated heterocycles. The lowest BCUT2D eigenvalue weighted by molar-refractivity contribution is 0.563. The van der Waals surface area contributed by atoms with Crippen molar-refractivity contribution in [2.24, 2.45) is 7.05 Å². The summed E-state index contributed by atoms with van der Waals surface area (Å²) in [6.07, 6.45) is 4.73. The van der Waals surface area contributed by atoms with Gasteiger partial charge in [-0.1, -0.05) is 11.6 Å². The summed E-state index contributed by atoms with van der Waals surface area (Å²) >= 11 is 5.90. The maximum absolute atomic E-state index is 14.4. The van der Waals surface area contributed by atoms with Crippen molar-refractivity contribution in [2.75, 3.05) is 0 Å². The zero-order valence-corrected chi connectivity index (χ0v) is 12.5. The van der Waals surface area contributed by atoms with E-state index in [1.165, 1.54) is 23.1 Å². The van der Waals surface area contributed by atoms with Gasteiger partial charge in [-0.05, 0) is 12.1 Å². The molecule has 0 atom stereocenters. The number of halogens is 2. The van der Waals surface area contributed by atoms with Crippen molar-refractivity contribution in [1.82, 2.24) is 24.7 Å². The quantitative estimate of drug-likeness (QED) is 0.614. The zero-order chi connectivity index (χ0) is 16.1. The van der Waals surface area contributed by atoms with Gasteiger partial charge >= 0.3 is 0 Å². The van der Waals surface area contributed by atoms with Gasteiger partial charge in [0.25, 0.3) is 0 Å². The van der Waals surface area contributed by atoms with Crippen LogP contribution >= 0.6 is 11.6 Å². The van der Waals surface area contributed by atoms with Gasteiger partial charge in [0.2, 0.25) is 6.29 Å². The third-order valence-electron chi connectivity index (χ3n) is 3.60. The number of carbonyl (C=O) groups excluding carboxylic acids is 1. The summed E-state index contributed by atoms with van der Waals surface area (Å²) in [6, 6.07) is 2.85. The number of aryl methyl sites for hydroxylation is 1. The first-order valence-corrected chi connectivity index (χ1v) is 7.00. The van der Waals surface area contributed by atoms with Crippen LogP contribution in [0.4, 0.5) is 4.39 Å². The topological polar surface area (TPSA) is 76.5 Å². The van der Waals surface area contributed by atoms with E-state index >= 15 is 0 Å². The Bertz CT molecular complexity index is 1080. The predicted octanol–water partition coefficient (Wildman–Crippen LogP) is 2.76. The van der Waals surface area contributed by atoms with E-state index < -0.39 is 5.82 Å². The average molecular weight is 329 g/mol. The largest absolute Gasteiger partial charge is 0.344 e. The van der Waals surface area contributed by atoms with E-state index in [0.717, 1.165) is 0 Å². The highest BCUT2D eigenvalue weighted by Gasteiger charge is 2.18. The summed E-state index contributed by atoms with van der Waals surface area (Å²) in [5.41, 5.74) is 2.33. The molecule has 0 aliphatic heterocycles. The predicted molar refractivity (Wildman–Crippen MR) is 83.4 cm³/mol. The zero-order valence-electron chi connectivity index (χ0n) is 11.8. The van der Waals surface area contributed by atoms with E-state index in [1.807, 2.05) is 0 Å². The molecule has 0 bridgehead atoms. The molecular weight excluding hydrogens is 321 g/mol. The van der Waals surface area contributed by atoms with Gasteiger partial charge in [-0.2, -0.15) is 5.10 Å². The SMILES string of the molecule is Cn1nc(-c2cnc3[nH]cc([C]=O)c3n2)c2c(F)cc(Cl)cc21. The number of fused-ring (bicyclic) bond motifs is 2. The lowest BCUT2D eigenvalue weighted by Crippen LogP contribution is -1.92. The molecule has 0 fully saturated rings. The van der Waals surface area contributed by atoms with Crippen LogP contribution in [0.25, 0.3) is 33.5 Å². The highest BCUT2D eigenvalue weighted by Crippen LogP contribution is 2.31. The van der Waals surface area contributed by atoms with E-state index in [9.17, 15) is 9.18 Å². The van der Waals surface area contributed by atoms with Crippen LogP contribution in [0.5, 0.6) is 0 Å². The molecule has 3 heterocycles. The first-order valence-electron chi connectivity index (χ1n) is 6.63. The van der Waals surface area contributed by atoms with Crippen LogP contribution < -0.4 is 0 Å². The number of H-pyrrole nitrogens is 1. The van der Waals surface area contributed by atoms with Crippen molar-refractivity contribution in [2.45, 2.75) is 0 Å². The fourth-order valence-corrected chi connectivity index (χ4v) is 2.77. The highest BCUT2D eigenvalue weighted by molar-refractivity contribution is 6.31. The number of rotatable bonds is 2. The minimum atomic E-state index is -0.492. The monoisotopic (exact) mass is 328 g/mol. The summed E-state index contributed by atoms with van der Waals surface area (Å²) in [5, 5.41) is 4.91.